The van der Waals surface area contributed by atoms with Gasteiger partial charge >= 0.3 is 0 Å². The maximum atomic E-state index is 7.79. The molecular weight excluding hydrogens is 1210 g/mol. The molecule has 0 fully saturated rings. The lowest BCUT2D eigenvalue weighted by Gasteiger charge is -2.29. The normalized spacial score (nSPS) is 13.4. The minimum atomic E-state index is -0.941. The molecule has 0 amide bonds. The molecule has 12 bridgehead atoms. The molecular formula is C90H109O6P. The second-order valence-corrected chi connectivity index (χ2v) is 35.4. The van der Waals surface area contributed by atoms with Gasteiger partial charge in [-0.15, -0.1) is 0 Å². The molecule has 6 nitrogen and oxygen atoms in total. The van der Waals surface area contributed by atoms with Crippen LogP contribution in [0.3, 0.4) is 0 Å². The van der Waals surface area contributed by atoms with E-state index in [4.69, 9.17) is 28.4 Å². The van der Waals surface area contributed by atoms with E-state index in [1.165, 1.54) is 49.3 Å². The van der Waals surface area contributed by atoms with Crippen molar-refractivity contribution < 1.29 is 28.4 Å². The van der Waals surface area contributed by atoms with Gasteiger partial charge in [0.25, 0.3) is 0 Å². The van der Waals surface area contributed by atoms with Gasteiger partial charge in [-0.25, -0.2) is 0 Å². The molecule has 9 aromatic carbocycles. The zero-order chi connectivity index (χ0) is 70.3. The van der Waals surface area contributed by atoms with Gasteiger partial charge in [0.2, 0.25) is 0 Å². The summed E-state index contributed by atoms with van der Waals surface area (Å²) in [6.07, 6.45) is 3.40. The van der Waals surface area contributed by atoms with Crippen molar-refractivity contribution in [2.45, 2.75) is 202 Å². The molecule has 0 spiro atoms. The predicted octanol–water partition coefficient (Wildman–Crippen LogP) is 20.7. The molecule has 0 saturated carbocycles. The summed E-state index contributed by atoms with van der Waals surface area (Å²) in [5.41, 5.74) is 20.6. The van der Waals surface area contributed by atoms with Gasteiger partial charge in [-0.3, -0.25) is 0 Å². The van der Waals surface area contributed by atoms with E-state index < -0.39 is 7.92 Å². The second-order valence-electron chi connectivity index (χ2n) is 33.2. The summed E-state index contributed by atoms with van der Waals surface area (Å²) in [5.74, 6) is 5.22. The quantitative estimate of drug-likeness (QED) is 0.120. The van der Waals surface area contributed by atoms with Crippen LogP contribution in [0.4, 0.5) is 0 Å². The fraction of sp³-hybridized carbons (Fsp3) is 0.400. The summed E-state index contributed by atoms with van der Waals surface area (Å²) in [6.45, 7) is 42.1. The van der Waals surface area contributed by atoms with Crippen LogP contribution in [-0.4, -0.2) is 35.5 Å². The van der Waals surface area contributed by atoms with Gasteiger partial charge in [0, 0.05) is 38.5 Å². The van der Waals surface area contributed by atoms with Crippen molar-refractivity contribution in [1.29, 1.82) is 0 Å². The molecule has 0 N–H and O–H groups in total. The fourth-order valence-electron chi connectivity index (χ4n) is 14.0. The lowest BCUT2D eigenvalue weighted by atomic mass is 9.79. The Labute approximate surface area is 584 Å². The molecule has 0 heterocycles. The highest BCUT2D eigenvalue weighted by Crippen LogP contribution is 2.47. The van der Waals surface area contributed by atoms with Crippen molar-refractivity contribution in [2.24, 2.45) is 0 Å². The van der Waals surface area contributed by atoms with Crippen molar-refractivity contribution >= 4 is 23.8 Å². The summed E-state index contributed by atoms with van der Waals surface area (Å²) in [5, 5.41) is 3.86. The first-order valence-electron chi connectivity index (χ1n) is 34.9. The summed E-state index contributed by atoms with van der Waals surface area (Å²) in [6, 6.07) is 59.6. The average Bonchev–Trinajstić information content (AvgIpc) is 0.777. The topological polar surface area (TPSA) is 55.4 Å². The second kappa shape index (κ2) is 28.2. The predicted molar refractivity (Wildman–Crippen MR) is 410 cm³/mol. The van der Waals surface area contributed by atoms with E-state index in [1.807, 2.05) is 35.5 Å². The molecule has 0 aromatic heterocycles. The highest BCUT2D eigenvalue weighted by molar-refractivity contribution is 7.79. The maximum absolute atomic E-state index is 7.79. The molecule has 0 radical (unpaired) electrons. The van der Waals surface area contributed by atoms with Gasteiger partial charge in [-0.2, -0.15) is 0 Å². The van der Waals surface area contributed by atoms with Gasteiger partial charge in [0.1, 0.15) is 41.1 Å². The van der Waals surface area contributed by atoms with Gasteiger partial charge in [-0.05, 0) is 162 Å². The molecule has 10 rings (SSSR count). The smallest absolute Gasteiger partial charge is 0.126 e. The third-order valence-corrected chi connectivity index (χ3v) is 22.1. The van der Waals surface area contributed by atoms with E-state index in [1.54, 1.807) is 0 Å². The fourth-order valence-corrected chi connectivity index (χ4v) is 16.5. The van der Waals surface area contributed by atoms with Crippen molar-refractivity contribution in [2.75, 3.05) is 35.5 Å². The molecule has 0 saturated heterocycles. The van der Waals surface area contributed by atoms with Crippen molar-refractivity contribution in [3.63, 3.8) is 0 Å². The van der Waals surface area contributed by atoms with Crippen LogP contribution in [0.15, 0.2) is 158 Å². The summed E-state index contributed by atoms with van der Waals surface area (Å²) < 4.78 is 41.7. The number of benzene rings is 9. The first kappa shape index (κ1) is 72.0. The van der Waals surface area contributed by atoms with Crippen LogP contribution in [-0.2, 0) is 77.6 Å². The molecule has 97 heavy (non-hydrogen) atoms. The number of hydrogen-bond donors (Lipinski definition) is 0. The summed E-state index contributed by atoms with van der Waals surface area (Å²) >= 11 is 0. The van der Waals surface area contributed by atoms with Gasteiger partial charge < -0.3 is 28.4 Å². The Morgan fingerprint density at radius 2 is 0.454 bits per heavy atom. The Hall–Kier alpha value is -7.79. The SMILES string of the molecule is COc1c2cc(C(C)(C)C)cc1Cc1cc(C(C)(C)C)cc(c1OC)Cc1cc(C(C)(C)C)cc(c1OC)Cc1cc(C(C)(C)C)cc(c1OCc1ccccc1P(c1ccccc1)c1ccccc1)Cc1cc(C(C)(C)C)cc(c1OC)Cc1cc(C(C)(C)C)cc(c1OC)C2. The van der Waals surface area contributed by atoms with E-state index in [9.17, 15) is 0 Å². The van der Waals surface area contributed by atoms with Crippen LogP contribution in [0.2, 0.25) is 0 Å². The van der Waals surface area contributed by atoms with Crippen LogP contribution in [0.5, 0.6) is 34.5 Å². The molecule has 7 heteroatoms. The van der Waals surface area contributed by atoms with Crippen LogP contribution in [0.25, 0.3) is 0 Å². The number of rotatable bonds is 11. The van der Waals surface area contributed by atoms with E-state index >= 15 is 0 Å². The van der Waals surface area contributed by atoms with Gasteiger partial charge in [0.05, 0.1) is 35.5 Å². The van der Waals surface area contributed by atoms with E-state index in [0.717, 1.165) is 107 Å². The molecule has 0 atom stereocenters. The van der Waals surface area contributed by atoms with Crippen LogP contribution in [0.1, 0.15) is 230 Å². The maximum Gasteiger partial charge on any atom is 0.126 e. The number of fused-ring (bicyclic) bond motifs is 12. The molecule has 1 aliphatic carbocycles. The van der Waals surface area contributed by atoms with Crippen LogP contribution in [0, 0.1) is 0 Å². The zero-order valence-electron chi connectivity index (χ0n) is 62.9. The first-order chi connectivity index (χ1) is 45.6. The minimum Gasteiger partial charge on any atom is -0.496 e. The molecule has 0 aliphatic heterocycles. The van der Waals surface area contributed by atoms with Crippen molar-refractivity contribution in [3.05, 3.63) is 263 Å². The summed E-state index contributed by atoms with van der Waals surface area (Å²) in [4.78, 5) is 0. The van der Waals surface area contributed by atoms with Crippen LogP contribution >= 0.6 is 7.92 Å². The Morgan fingerprint density at radius 3 is 0.660 bits per heavy atom. The lowest BCUT2D eigenvalue weighted by Crippen LogP contribution is -2.24. The summed E-state index contributed by atoms with van der Waals surface area (Å²) in [7, 11) is 8.25. The molecule has 9 aromatic rings. The Bertz CT molecular complexity index is 4070. The Kier molecular flexibility index (Phi) is 20.9. The molecule has 0 unspecified atom stereocenters. The average molecular weight is 1320 g/mol. The Balaban J connectivity index is 1.31. The zero-order valence-corrected chi connectivity index (χ0v) is 63.8. The monoisotopic (exact) mass is 1320 g/mol. The van der Waals surface area contributed by atoms with E-state index in [2.05, 4.69) is 282 Å². The molecule has 1 aliphatic rings. The number of methoxy groups -OCH3 is 5. The standard InChI is InChI=1S/C90H109O6P/c1-85(2,3)70-44-58-38-60-46-71(86(4,5)6)48-62(80(60)92-20)40-64-50-73(88(10,11)12)52-66(82(64)94-22)42-68-54-75(90(16,17)18)55-69(84(68)96-56-57-32-30-31-37-78(57)97(76-33-26-24-27-34-76)77-35-28-25-29-36-77)43-67-53-74(89(13,14)15)51-65(83(67)95-23)41-63-49-72(87(7,8)9)47-61(81(63)93-21)39-59(45-70)79(58)91-19/h24-37,44-55H,38-43,56H2,1-23H3. The van der Waals surface area contributed by atoms with Crippen molar-refractivity contribution in [3.8, 4) is 34.5 Å². The highest BCUT2D eigenvalue weighted by atomic mass is 31.1. The van der Waals surface area contributed by atoms with Crippen LogP contribution < -0.4 is 44.3 Å². The first-order valence-corrected chi connectivity index (χ1v) is 36.2. The molecule has 510 valence electrons. The van der Waals surface area contributed by atoms with Crippen molar-refractivity contribution in [1.82, 2.24) is 0 Å². The van der Waals surface area contributed by atoms with E-state index in [0.29, 0.717) is 45.1 Å². The van der Waals surface area contributed by atoms with Gasteiger partial charge in [0.15, 0.2) is 0 Å². The van der Waals surface area contributed by atoms with E-state index in [-0.39, 0.29) is 32.5 Å². The highest BCUT2D eigenvalue weighted by Gasteiger charge is 2.32. The largest absolute Gasteiger partial charge is 0.496 e. The number of hydrogen-bond acceptors (Lipinski definition) is 6. The van der Waals surface area contributed by atoms with Gasteiger partial charge in [-0.1, -0.05) is 282 Å². The third kappa shape index (κ3) is 16.0. The lowest BCUT2D eigenvalue weighted by molar-refractivity contribution is 0.301. The third-order valence-electron chi connectivity index (χ3n) is 19.6. The minimum absolute atomic E-state index is 0.176. The number of ether oxygens (including phenoxy) is 6. The Morgan fingerprint density at radius 1 is 0.258 bits per heavy atom.